The highest BCUT2D eigenvalue weighted by Crippen LogP contribution is 2.61. The molecular weight excluding hydrogens is 468 g/mol. The van der Waals surface area contributed by atoms with Crippen molar-refractivity contribution in [2.75, 3.05) is 6.61 Å². The first-order valence-electron chi connectivity index (χ1n) is 11.6. The van der Waals surface area contributed by atoms with Crippen LogP contribution >= 0.6 is 15.9 Å². The van der Waals surface area contributed by atoms with Crippen LogP contribution in [0.1, 0.15) is 70.2 Å². The SMILES string of the molecule is C/C(=C\COC(=O)c1ccc(Br)cc1)[C@@H]1C[C@H]2C(=CC[C@H]3C(C)(C)CCC[C@]23C)C(=O)O1. The molecule has 5 heteroatoms. The summed E-state index contributed by atoms with van der Waals surface area (Å²) in [6.45, 7) is 9.29. The number of ether oxygens (including phenoxy) is 2. The van der Waals surface area contributed by atoms with Crippen molar-refractivity contribution in [2.45, 2.75) is 65.9 Å². The molecule has 0 N–H and O–H groups in total. The lowest BCUT2D eigenvalue weighted by Gasteiger charge is -2.58. The van der Waals surface area contributed by atoms with Gasteiger partial charge >= 0.3 is 11.9 Å². The van der Waals surface area contributed by atoms with Crippen LogP contribution in [-0.2, 0) is 14.3 Å². The monoisotopic (exact) mass is 500 g/mol. The van der Waals surface area contributed by atoms with Crippen LogP contribution < -0.4 is 0 Å². The van der Waals surface area contributed by atoms with Gasteiger partial charge in [-0.2, -0.15) is 0 Å². The number of fused-ring (bicyclic) bond motifs is 3. The zero-order valence-corrected chi connectivity index (χ0v) is 21.0. The van der Waals surface area contributed by atoms with Crippen LogP contribution in [0.5, 0.6) is 0 Å². The Labute approximate surface area is 199 Å². The number of hydrogen-bond acceptors (Lipinski definition) is 4. The normalized spacial score (nSPS) is 31.7. The molecule has 4 nitrogen and oxygen atoms in total. The molecular formula is C27H33BrO4. The molecule has 2 aliphatic carbocycles. The maximum atomic E-state index is 12.9. The summed E-state index contributed by atoms with van der Waals surface area (Å²) in [6.07, 6.45) is 9.16. The second kappa shape index (κ2) is 8.81. The van der Waals surface area contributed by atoms with Crippen molar-refractivity contribution in [3.05, 3.63) is 57.6 Å². The van der Waals surface area contributed by atoms with Gasteiger partial charge in [-0.15, -0.1) is 0 Å². The van der Waals surface area contributed by atoms with E-state index in [9.17, 15) is 9.59 Å². The molecule has 0 aromatic heterocycles. The number of allylic oxidation sites excluding steroid dienone is 1. The molecule has 172 valence electrons. The number of hydrogen-bond donors (Lipinski definition) is 0. The Morgan fingerprint density at radius 1 is 1.22 bits per heavy atom. The van der Waals surface area contributed by atoms with Gasteiger partial charge in [-0.1, -0.05) is 49.2 Å². The number of benzene rings is 1. The third-order valence-electron chi connectivity index (χ3n) is 8.16. The summed E-state index contributed by atoms with van der Waals surface area (Å²) in [5.74, 6) is 0.273. The number of halogens is 1. The van der Waals surface area contributed by atoms with E-state index in [0.717, 1.165) is 34.9 Å². The Kier molecular flexibility index (Phi) is 6.41. The molecule has 4 atom stereocenters. The minimum absolute atomic E-state index is 0.123. The van der Waals surface area contributed by atoms with Crippen LogP contribution in [-0.4, -0.2) is 24.6 Å². The number of cyclic esters (lactones) is 1. The Morgan fingerprint density at radius 3 is 2.66 bits per heavy atom. The minimum atomic E-state index is -0.362. The van der Waals surface area contributed by atoms with Crippen LogP contribution in [0.3, 0.4) is 0 Å². The van der Waals surface area contributed by atoms with Gasteiger partial charge in [0.1, 0.15) is 12.7 Å². The lowest BCUT2D eigenvalue weighted by Crippen LogP contribution is -2.52. The molecule has 2 fully saturated rings. The topological polar surface area (TPSA) is 52.6 Å². The fourth-order valence-electron chi connectivity index (χ4n) is 6.32. The van der Waals surface area contributed by atoms with Crippen LogP contribution in [0.4, 0.5) is 0 Å². The summed E-state index contributed by atoms with van der Waals surface area (Å²) >= 11 is 3.36. The number of rotatable bonds is 4. The van der Waals surface area contributed by atoms with Crippen molar-refractivity contribution in [3.8, 4) is 0 Å². The predicted octanol–water partition coefficient (Wildman–Crippen LogP) is 6.65. The second-order valence-electron chi connectivity index (χ2n) is 10.5. The van der Waals surface area contributed by atoms with E-state index in [0.29, 0.717) is 11.5 Å². The third-order valence-corrected chi connectivity index (χ3v) is 8.69. The van der Waals surface area contributed by atoms with E-state index < -0.39 is 0 Å². The van der Waals surface area contributed by atoms with E-state index in [1.165, 1.54) is 12.8 Å². The standard InChI is InChI=1S/C27H33BrO4/c1-17(12-15-31-24(29)18-6-8-19(28)9-7-18)22-16-21-20(25(30)32-22)10-11-23-26(2,3)13-5-14-27(21,23)4/h6-10,12,21-23H,5,11,13-16H2,1-4H3/b17-12+/t21-,22-,23-,27+/m0/s1. The van der Waals surface area contributed by atoms with Gasteiger partial charge in [-0.05, 0) is 85.3 Å². The molecule has 0 bridgehead atoms. The van der Waals surface area contributed by atoms with Crippen LogP contribution in [0.25, 0.3) is 0 Å². The van der Waals surface area contributed by atoms with Crippen LogP contribution in [0.15, 0.2) is 52.0 Å². The largest absolute Gasteiger partial charge is 0.458 e. The number of carbonyl (C=O) groups is 2. The molecule has 1 saturated heterocycles. The lowest BCUT2D eigenvalue weighted by molar-refractivity contribution is -0.154. The maximum absolute atomic E-state index is 12.9. The second-order valence-corrected chi connectivity index (χ2v) is 11.4. The lowest BCUT2D eigenvalue weighted by atomic mass is 9.47. The predicted molar refractivity (Wildman–Crippen MR) is 128 cm³/mol. The highest BCUT2D eigenvalue weighted by molar-refractivity contribution is 9.10. The van der Waals surface area contributed by atoms with E-state index in [-0.39, 0.29) is 41.4 Å². The van der Waals surface area contributed by atoms with Crippen molar-refractivity contribution < 1.29 is 19.1 Å². The summed E-state index contributed by atoms with van der Waals surface area (Å²) < 4.78 is 12.2. The first kappa shape index (κ1) is 23.3. The average Bonchev–Trinajstić information content (AvgIpc) is 2.73. The summed E-state index contributed by atoms with van der Waals surface area (Å²) in [5.41, 5.74) is 2.75. The van der Waals surface area contributed by atoms with E-state index in [1.807, 2.05) is 25.1 Å². The Bertz CT molecular complexity index is 958. The first-order valence-corrected chi connectivity index (χ1v) is 12.4. The maximum Gasteiger partial charge on any atom is 0.338 e. The molecule has 32 heavy (non-hydrogen) atoms. The Hall–Kier alpha value is -1.88. The Balaban J connectivity index is 1.45. The molecule has 1 saturated carbocycles. The van der Waals surface area contributed by atoms with Crippen molar-refractivity contribution >= 4 is 27.9 Å². The zero-order valence-electron chi connectivity index (χ0n) is 19.4. The van der Waals surface area contributed by atoms with Crippen LogP contribution in [0, 0.1) is 22.7 Å². The Morgan fingerprint density at radius 2 is 1.94 bits per heavy atom. The van der Waals surface area contributed by atoms with Crippen molar-refractivity contribution in [3.63, 3.8) is 0 Å². The quantitative estimate of drug-likeness (QED) is 0.343. The minimum Gasteiger partial charge on any atom is -0.458 e. The summed E-state index contributed by atoms with van der Waals surface area (Å²) in [5, 5.41) is 0. The summed E-state index contributed by atoms with van der Waals surface area (Å²) in [7, 11) is 0. The number of carbonyl (C=O) groups excluding carboxylic acids is 2. The molecule has 1 aliphatic heterocycles. The molecule has 0 radical (unpaired) electrons. The molecule has 1 aromatic carbocycles. The molecule has 1 aromatic rings. The van der Waals surface area contributed by atoms with Crippen molar-refractivity contribution in [1.29, 1.82) is 0 Å². The van der Waals surface area contributed by atoms with Crippen LogP contribution in [0.2, 0.25) is 0 Å². The van der Waals surface area contributed by atoms with E-state index in [1.54, 1.807) is 12.1 Å². The number of esters is 2. The van der Waals surface area contributed by atoms with Gasteiger partial charge in [0, 0.05) is 16.0 Å². The molecule has 0 amide bonds. The smallest absolute Gasteiger partial charge is 0.338 e. The summed E-state index contributed by atoms with van der Waals surface area (Å²) in [4.78, 5) is 25.2. The van der Waals surface area contributed by atoms with Crippen molar-refractivity contribution in [2.24, 2.45) is 22.7 Å². The third kappa shape index (κ3) is 4.33. The van der Waals surface area contributed by atoms with Gasteiger partial charge in [0.05, 0.1) is 5.56 Å². The highest BCUT2D eigenvalue weighted by atomic mass is 79.9. The average molecular weight is 501 g/mol. The molecule has 0 spiro atoms. The van der Waals surface area contributed by atoms with Gasteiger partial charge in [-0.3, -0.25) is 0 Å². The van der Waals surface area contributed by atoms with E-state index in [2.05, 4.69) is 42.8 Å². The fraction of sp³-hybridized carbons (Fsp3) is 0.556. The molecule has 3 aliphatic rings. The molecule has 4 rings (SSSR count). The van der Waals surface area contributed by atoms with Gasteiger partial charge in [-0.25, -0.2) is 9.59 Å². The van der Waals surface area contributed by atoms with E-state index in [4.69, 9.17) is 9.47 Å². The highest BCUT2D eigenvalue weighted by Gasteiger charge is 2.55. The molecule has 1 heterocycles. The van der Waals surface area contributed by atoms with Gasteiger partial charge in [0.2, 0.25) is 0 Å². The molecule has 0 unspecified atom stereocenters. The van der Waals surface area contributed by atoms with Gasteiger partial charge in [0.15, 0.2) is 0 Å². The van der Waals surface area contributed by atoms with Crippen molar-refractivity contribution in [1.82, 2.24) is 0 Å². The first-order chi connectivity index (χ1) is 15.1. The fourth-order valence-corrected chi connectivity index (χ4v) is 6.59. The van der Waals surface area contributed by atoms with E-state index >= 15 is 0 Å². The zero-order chi connectivity index (χ0) is 23.1. The summed E-state index contributed by atoms with van der Waals surface area (Å²) in [6, 6.07) is 7.08. The van der Waals surface area contributed by atoms with Gasteiger partial charge in [0.25, 0.3) is 0 Å². The van der Waals surface area contributed by atoms with Gasteiger partial charge < -0.3 is 9.47 Å².